The van der Waals surface area contributed by atoms with E-state index in [9.17, 15) is 14.4 Å². The maximum Gasteiger partial charge on any atom is 0.410 e. The van der Waals surface area contributed by atoms with E-state index >= 15 is 0 Å². The van der Waals surface area contributed by atoms with E-state index in [0.29, 0.717) is 31.5 Å². The van der Waals surface area contributed by atoms with Gasteiger partial charge in [-0.3, -0.25) is 9.59 Å². The molecular formula is C21H27N3O5. The smallest absolute Gasteiger partial charge is 0.410 e. The summed E-state index contributed by atoms with van der Waals surface area (Å²) in [6, 6.07) is 8.92. The Kier molecular flexibility index (Phi) is 7.59. The van der Waals surface area contributed by atoms with Gasteiger partial charge in [0.2, 0.25) is 0 Å². The molecule has 8 heteroatoms. The van der Waals surface area contributed by atoms with E-state index in [1.54, 1.807) is 45.0 Å². The number of benzene rings is 1. The first-order valence-corrected chi connectivity index (χ1v) is 9.58. The summed E-state index contributed by atoms with van der Waals surface area (Å²) >= 11 is 0. The molecule has 0 radical (unpaired) electrons. The van der Waals surface area contributed by atoms with Crippen molar-refractivity contribution in [2.24, 2.45) is 5.92 Å². The van der Waals surface area contributed by atoms with Gasteiger partial charge in [0.15, 0.2) is 6.61 Å². The number of rotatable bonds is 5. The average molecular weight is 401 g/mol. The zero-order chi connectivity index (χ0) is 21.4. The molecule has 1 N–H and O–H groups in total. The van der Waals surface area contributed by atoms with Crippen LogP contribution < -0.4 is 5.32 Å². The maximum absolute atomic E-state index is 12.3. The van der Waals surface area contributed by atoms with Crippen LogP contribution in [0.2, 0.25) is 0 Å². The molecule has 156 valence electrons. The summed E-state index contributed by atoms with van der Waals surface area (Å²) in [4.78, 5) is 38.0. The minimum atomic E-state index is -0.602. The fraction of sp³-hybridized carbons (Fsp3) is 0.524. The summed E-state index contributed by atoms with van der Waals surface area (Å²) < 4.78 is 10.5. The number of amides is 2. The highest BCUT2D eigenvalue weighted by atomic mass is 16.6. The highest BCUT2D eigenvalue weighted by Crippen LogP contribution is 2.20. The topological polar surface area (TPSA) is 109 Å². The van der Waals surface area contributed by atoms with Crippen molar-refractivity contribution >= 4 is 23.7 Å². The van der Waals surface area contributed by atoms with Crippen LogP contribution in [0.15, 0.2) is 24.3 Å². The zero-order valence-corrected chi connectivity index (χ0v) is 17.1. The summed E-state index contributed by atoms with van der Waals surface area (Å²) in [6.45, 7) is 5.71. The van der Waals surface area contributed by atoms with Crippen LogP contribution in [0.5, 0.6) is 0 Å². The van der Waals surface area contributed by atoms with Crippen LogP contribution in [-0.2, 0) is 25.5 Å². The van der Waals surface area contributed by atoms with Gasteiger partial charge in [0.1, 0.15) is 5.60 Å². The van der Waals surface area contributed by atoms with Crippen molar-refractivity contribution in [3.63, 3.8) is 0 Å². The van der Waals surface area contributed by atoms with Crippen LogP contribution in [0.25, 0.3) is 0 Å². The molecular weight excluding hydrogens is 374 g/mol. The third kappa shape index (κ3) is 7.45. The molecule has 0 aromatic heterocycles. The van der Waals surface area contributed by atoms with Gasteiger partial charge in [0.25, 0.3) is 5.91 Å². The maximum atomic E-state index is 12.3. The lowest BCUT2D eigenvalue weighted by molar-refractivity contribution is -0.153. The number of hydrogen-bond acceptors (Lipinski definition) is 6. The number of carbonyl (C=O) groups excluding carboxylic acids is 3. The number of nitrogens with zero attached hydrogens (tertiary/aromatic N) is 2. The van der Waals surface area contributed by atoms with E-state index in [-0.39, 0.29) is 6.54 Å². The van der Waals surface area contributed by atoms with E-state index in [1.807, 2.05) is 0 Å². The van der Waals surface area contributed by atoms with E-state index in [2.05, 4.69) is 11.4 Å². The van der Waals surface area contributed by atoms with E-state index in [1.165, 1.54) is 4.90 Å². The van der Waals surface area contributed by atoms with Crippen LogP contribution in [0, 0.1) is 17.2 Å². The first-order valence-electron chi connectivity index (χ1n) is 9.58. The fourth-order valence-electron chi connectivity index (χ4n) is 2.91. The van der Waals surface area contributed by atoms with Crippen molar-refractivity contribution in [2.45, 2.75) is 45.6 Å². The molecule has 1 fully saturated rings. The molecule has 1 aromatic carbocycles. The third-order valence-corrected chi connectivity index (χ3v) is 4.27. The SMILES string of the molecule is CC(C)(C)OC(=O)N1CCCC(C(=O)OCC(=O)Nc2ccc(CC#N)cc2)C1. The standard InChI is InChI=1S/C21H27N3O5/c1-21(2,3)29-20(27)24-12-4-5-16(13-24)19(26)28-14-18(25)23-17-8-6-15(7-9-17)10-11-22/h6-9,16H,4-5,10,12-14H2,1-3H3,(H,23,25). The average Bonchev–Trinajstić information content (AvgIpc) is 2.66. The van der Waals surface area contributed by atoms with Gasteiger partial charge >= 0.3 is 12.1 Å². The third-order valence-electron chi connectivity index (χ3n) is 4.27. The largest absolute Gasteiger partial charge is 0.455 e. The van der Waals surface area contributed by atoms with Crippen molar-refractivity contribution in [1.29, 1.82) is 5.26 Å². The molecule has 29 heavy (non-hydrogen) atoms. The summed E-state index contributed by atoms with van der Waals surface area (Å²) in [7, 11) is 0. The highest BCUT2D eigenvalue weighted by Gasteiger charge is 2.32. The van der Waals surface area contributed by atoms with E-state index in [4.69, 9.17) is 14.7 Å². The van der Waals surface area contributed by atoms with Crippen LogP contribution in [0.1, 0.15) is 39.2 Å². The van der Waals surface area contributed by atoms with Gasteiger partial charge in [0, 0.05) is 18.8 Å². The summed E-state index contributed by atoms with van der Waals surface area (Å²) in [6.07, 6.45) is 1.11. The molecule has 1 heterocycles. The van der Waals surface area contributed by atoms with Crippen molar-refractivity contribution < 1.29 is 23.9 Å². The second kappa shape index (κ2) is 9.92. The first kappa shape index (κ1) is 22.2. The van der Waals surface area contributed by atoms with Crippen molar-refractivity contribution in [1.82, 2.24) is 4.90 Å². The Morgan fingerprint density at radius 2 is 1.93 bits per heavy atom. The predicted molar refractivity (Wildman–Crippen MR) is 106 cm³/mol. The molecule has 0 aliphatic carbocycles. The molecule has 0 spiro atoms. The Hall–Kier alpha value is -3.08. The molecule has 0 saturated carbocycles. The van der Waals surface area contributed by atoms with Crippen LogP contribution >= 0.6 is 0 Å². The normalized spacial score (nSPS) is 16.5. The molecule has 1 aromatic rings. The number of hydrogen-bond donors (Lipinski definition) is 1. The van der Waals surface area contributed by atoms with Crippen molar-refractivity contribution in [3.8, 4) is 6.07 Å². The summed E-state index contributed by atoms with van der Waals surface area (Å²) in [5.74, 6) is -1.43. The molecule has 1 aliphatic heterocycles. The summed E-state index contributed by atoms with van der Waals surface area (Å²) in [5, 5.41) is 11.3. The Morgan fingerprint density at radius 1 is 1.24 bits per heavy atom. The van der Waals surface area contributed by atoms with Gasteiger partial charge in [-0.25, -0.2) is 4.79 Å². The monoisotopic (exact) mass is 401 g/mol. The second-order valence-corrected chi connectivity index (χ2v) is 7.95. The predicted octanol–water partition coefficient (Wildman–Crippen LogP) is 2.88. The van der Waals surface area contributed by atoms with E-state index in [0.717, 1.165) is 5.56 Å². The number of anilines is 1. The molecule has 1 unspecified atom stereocenters. The molecule has 1 saturated heterocycles. The summed E-state index contributed by atoms with van der Waals surface area (Å²) in [5.41, 5.74) is 0.806. The first-order chi connectivity index (χ1) is 13.7. The molecule has 0 bridgehead atoms. The van der Waals surface area contributed by atoms with E-state index < -0.39 is 36.1 Å². The lowest BCUT2D eigenvalue weighted by Gasteiger charge is -2.33. The van der Waals surface area contributed by atoms with Crippen LogP contribution in [-0.4, -0.2) is 48.2 Å². The Labute approximate surface area is 170 Å². The number of ether oxygens (including phenoxy) is 2. The minimum absolute atomic E-state index is 0.218. The lowest BCUT2D eigenvalue weighted by Crippen LogP contribution is -2.45. The lowest BCUT2D eigenvalue weighted by atomic mass is 9.98. The van der Waals surface area contributed by atoms with Gasteiger partial charge in [-0.05, 0) is 51.3 Å². The Balaban J connectivity index is 1.79. The number of likely N-dealkylation sites (tertiary alicyclic amines) is 1. The molecule has 1 atom stereocenters. The Morgan fingerprint density at radius 3 is 2.55 bits per heavy atom. The van der Waals surface area contributed by atoms with Gasteiger partial charge < -0.3 is 19.7 Å². The van der Waals surface area contributed by atoms with Gasteiger partial charge in [-0.1, -0.05) is 12.1 Å². The zero-order valence-electron chi connectivity index (χ0n) is 17.1. The fourth-order valence-corrected chi connectivity index (χ4v) is 2.91. The van der Waals surface area contributed by atoms with Crippen molar-refractivity contribution in [2.75, 3.05) is 25.0 Å². The minimum Gasteiger partial charge on any atom is -0.455 e. The number of nitrogens with one attached hydrogen (secondary N) is 1. The number of piperidine rings is 1. The number of nitriles is 1. The second-order valence-electron chi connectivity index (χ2n) is 7.95. The molecule has 8 nitrogen and oxygen atoms in total. The molecule has 2 amide bonds. The number of esters is 1. The van der Waals surface area contributed by atoms with Gasteiger partial charge in [-0.15, -0.1) is 0 Å². The molecule has 2 rings (SSSR count). The molecule has 1 aliphatic rings. The van der Waals surface area contributed by atoms with Crippen LogP contribution in [0.3, 0.4) is 0 Å². The quantitative estimate of drug-likeness (QED) is 0.760. The van der Waals surface area contributed by atoms with Gasteiger partial charge in [0.05, 0.1) is 18.4 Å². The Bertz CT molecular complexity index is 777. The van der Waals surface area contributed by atoms with Crippen molar-refractivity contribution in [3.05, 3.63) is 29.8 Å². The van der Waals surface area contributed by atoms with Crippen LogP contribution in [0.4, 0.5) is 10.5 Å². The highest BCUT2D eigenvalue weighted by molar-refractivity contribution is 5.93. The van der Waals surface area contributed by atoms with Gasteiger partial charge in [-0.2, -0.15) is 5.26 Å². The number of carbonyl (C=O) groups is 3.